The largest absolute Gasteiger partial charge is 0.295 e. The first-order chi connectivity index (χ1) is 12.2. The second kappa shape index (κ2) is 11.1. The molecule has 0 radical (unpaired) electrons. The van der Waals surface area contributed by atoms with Crippen molar-refractivity contribution in [3.63, 3.8) is 0 Å². The lowest BCUT2D eigenvalue weighted by Gasteiger charge is -2.24. The van der Waals surface area contributed by atoms with Crippen molar-refractivity contribution in [2.75, 3.05) is 6.54 Å². The van der Waals surface area contributed by atoms with E-state index < -0.39 is 0 Å². The first-order valence-corrected chi connectivity index (χ1v) is 10.0. The summed E-state index contributed by atoms with van der Waals surface area (Å²) in [6, 6.07) is 17.6. The van der Waals surface area contributed by atoms with Crippen LogP contribution in [-0.2, 0) is 13.1 Å². The fourth-order valence-electron chi connectivity index (χ4n) is 3.39. The van der Waals surface area contributed by atoms with Crippen LogP contribution in [0.4, 0.5) is 0 Å². The van der Waals surface area contributed by atoms with Gasteiger partial charge in [-0.25, -0.2) is 0 Å². The van der Waals surface area contributed by atoms with Gasteiger partial charge in [-0.1, -0.05) is 87.6 Å². The Morgan fingerprint density at radius 3 is 1.64 bits per heavy atom. The number of hydrogen-bond donors (Lipinski definition) is 0. The van der Waals surface area contributed by atoms with Crippen LogP contribution in [0, 0.1) is 13.8 Å². The molecule has 0 spiro atoms. The zero-order chi connectivity index (χ0) is 17.9. The first kappa shape index (κ1) is 19.7. The number of nitrogens with zero attached hydrogens (tertiary/aromatic N) is 1. The predicted octanol–water partition coefficient (Wildman–Crippen LogP) is 6.67. The highest BCUT2D eigenvalue weighted by Gasteiger charge is 2.10. The van der Waals surface area contributed by atoms with Crippen LogP contribution in [0.25, 0.3) is 0 Å². The van der Waals surface area contributed by atoms with Crippen LogP contribution in [0.3, 0.4) is 0 Å². The van der Waals surface area contributed by atoms with E-state index in [4.69, 9.17) is 0 Å². The molecule has 0 saturated carbocycles. The molecule has 0 heterocycles. The molecule has 0 N–H and O–H groups in total. The molecule has 2 aromatic rings. The van der Waals surface area contributed by atoms with Crippen molar-refractivity contribution in [2.24, 2.45) is 0 Å². The van der Waals surface area contributed by atoms with Gasteiger partial charge in [-0.05, 0) is 49.1 Å². The molecule has 0 fully saturated rings. The summed E-state index contributed by atoms with van der Waals surface area (Å²) >= 11 is 0. The third-order valence-electron chi connectivity index (χ3n) is 5.14. The van der Waals surface area contributed by atoms with Crippen LogP contribution >= 0.6 is 0 Å². The maximum atomic E-state index is 2.63. The summed E-state index contributed by atoms with van der Waals surface area (Å²) in [4.78, 5) is 2.63. The molecule has 0 aliphatic heterocycles. The molecule has 0 aliphatic rings. The Labute approximate surface area is 155 Å². The van der Waals surface area contributed by atoms with E-state index in [1.165, 1.54) is 67.3 Å². The topological polar surface area (TPSA) is 3.24 Å². The molecule has 0 aliphatic carbocycles. The van der Waals surface area contributed by atoms with Crippen molar-refractivity contribution in [3.05, 3.63) is 70.8 Å². The third-order valence-corrected chi connectivity index (χ3v) is 5.14. The number of aryl methyl sites for hydroxylation is 2. The van der Waals surface area contributed by atoms with Crippen LogP contribution in [0.1, 0.15) is 67.7 Å². The van der Waals surface area contributed by atoms with Gasteiger partial charge in [0, 0.05) is 13.1 Å². The summed E-state index contributed by atoms with van der Waals surface area (Å²) < 4.78 is 0. The van der Waals surface area contributed by atoms with Gasteiger partial charge in [-0.15, -0.1) is 0 Å². The van der Waals surface area contributed by atoms with Crippen LogP contribution < -0.4 is 0 Å². The van der Waals surface area contributed by atoms with Gasteiger partial charge < -0.3 is 0 Å². The lowest BCUT2D eigenvalue weighted by atomic mass is 10.1. The lowest BCUT2D eigenvalue weighted by Crippen LogP contribution is -2.25. The SMILES string of the molecule is CCCCCCCCN(Cc1ccccc1C)Cc1ccccc1C. The van der Waals surface area contributed by atoms with E-state index in [1.54, 1.807) is 0 Å². The normalized spacial score (nSPS) is 11.2. The van der Waals surface area contributed by atoms with Crippen molar-refractivity contribution in [1.82, 2.24) is 4.90 Å². The Kier molecular flexibility index (Phi) is 8.76. The van der Waals surface area contributed by atoms with E-state index in [-0.39, 0.29) is 0 Å². The number of hydrogen-bond acceptors (Lipinski definition) is 1. The Morgan fingerprint density at radius 1 is 0.640 bits per heavy atom. The quantitative estimate of drug-likeness (QED) is 0.414. The Balaban J connectivity index is 1.96. The standard InChI is InChI=1S/C24H35N/c1-4-5-6-7-8-13-18-25(19-23-16-11-9-14-21(23)2)20-24-17-12-10-15-22(24)3/h9-12,14-17H,4-8,13,18-20H2,1-3H3. The second-order valence-electron chi connectivity index (χ2n) is 7.33. The van der Waals surface area contributed by atoms with E-state index in [2.05, 4.69) is 74.2 Å². The zero-order valence-corrected chi connectivity index (χ0v) is 16.4. The number of benzene rings is 2. The van der Waals surface area contributed by atoms with Gasteiger partial charge >= 0.3 is 0 Å². The minimum Gasteiger partial charge on any atom is -0.295 e. The zero-order valence-electron chi connectivity index (χ0n) is 16.4. The summed E-state index contributed by atoms with van der Waals surface area (Å²) in [5, 5.41) is 0. The summed E-state index contributed by atoms with van der Waals surface area (Å²) in [6.45, 7) is 10.0. The third kappa shape index (κ3) is 7.04. The van der Waals surface area contributed by atoms with E-state index in [1.807, 2.05) is 0 Å². The highest BCUT2D eigenvalue weighted by molar-refractivity contribution is 5.27. The number of rotatable bonds is 11. The predicted molar refractivity (Wildman–Crippen MR) is 110 cm³/mol. The number of unbranched alkanes of at least 4 members (excludes halogenated alkanes) is 5. The van der Waals surface area contributed by atoms with Crippen molar-refractivity contribution in [3.8, 4) is 0 Å². The molecule has 0 unspecified atom stereocenters. The van der Waals surface area contributed by atoms with E-state index in [0.29, 0.717) is 0 Å². The molecule has 25 heavy (non-hydrogen) atoms. The van der Waals surface area contributed by atoms with Crippen LogP contribution in [0.15, 0.2) is 48.5 Å². The molecule has 2 rings (SSSR count). The van der Waals surface area contributed by atoms with E-state index in [0.717, 1.165) is 13.1 Å². The molecule has 1 nitrogen and oxygen atoms in total. The summed E-state index contributed by atoms with van der Waals surface area (Å²) in [6.07, 6.45) is 8.16. The monoisotopic (exact) mass is 337 g/mol. The maximum Gasteiger partial charge on any atom is 0.0239 e. The Morgan fingerprint density at radius 2 is 1.12 bits per heavy atom. The van der Waals surface area contributed by atoms with Crippen molar-refractivity contribution < 1.29 is 0 Å². The fourth-order valence-corrected chi connectivity index (χ4v) is 3.39. The van der Waals surface area contributed by atoms with E-state index >= 15 is 0 Å². The van der Waals surface area contributed by atoms with Gasteiger partial charge in [0.2, 0.25) is 0 Å². The van der Waals surface area contributed by atoms with Crippen molar-refractivity contribution in [1.29, 1.82) is 0 Å². The first-order valence-electron chi connectivity index (χ1n) is 10.0. The Bertz CT molecular complexity index is 569. The molecule has 2 aromatic carbocycles. The minimum atomic E-state index is 1.05. The van der Waals surface area contributed by atoms with Crippen LogP contribution in [0.2, 0.25) is 0 Å². The smallest absolute Gasteiger partial charge is 0.0239 e. The molecule has 0 saturated heterocycles. The average Bonchev–Trinajstić information content (AvgIpc) is 2.61. The lowest BCUT2D eigenvalue weighted by molar-refractivity contribution is 0.249. The van der Waals surface area contributed by atoms with Gasteiger partial charge in [0.1, 0.15) is 0 Å². The van der Waals surface area contributed by atoms with Crippen LogP contribution in [0.5, 0.6) is 0 Å². The molecule has 0 amide bonds. The molecule has 1 heteroatoms. The van der Waals surface area contributed by atoms with Crippen molar-refractivity contribution >= 4 is 0 Å². The van der Waals surface area contributed by atoms with Crippen molar-refractivity contribution in [2.45, 2.75) is 72.4 Å². The fraction of sp³-hybridized carbons (Fsp3) is 0.500. The molecular formula is C24H35N. The van der Waals surface area contributed by atoms with Gasteiger partial charge in [0.25, 0.3) is 0 Å². The molecule has 0 atom stereocenters. The highest BCUT2D eigenvalue weighted by Crippen LogP contribution is 2.17. The summed E-state index contributed by atoms with van der Waals surface area (Å²) in [7, 11) is 0. The molecule has 0 bridgehead atoms. The minimum absolute atomic E-state index is 1.05. The van der Waals surface area contributed by atoms with E-state index in [9.17, 15) is 0 Å². The van der Waals surface area contributed by atoms with Crippen LogP contribution in [-0.4, -0.2) is 11.4 Å². The summed E-state index contributed by atoms with van der Waals surface area (Å²) in [5.74, 6) is 0. The van der Waals surface area contributed by atoms with Gasteiger partial charge in [0.15, 0.2) is 0 Å². The molecular weight excluding hydrogens is 302 g/mol. The second-order valence-corrected chi connectivity index (χ2v) is 7.33. The van der Waals surface area contributed by atoms with Gasteiger partial charge in [-0.3, -0.25) is 4.90 Å². The average molecular weight is 338 g/mol. The van der Waals surface area contributed by atoms with Gasteiger partial charge in [0.05, 0.1) is 0 Å². The highest BCUT2D eigenvalue weighted by atomic mass is 15.1. The Hall–Kier alpha value is -1.60. The summed E-state index contributed by atoms with van der Waals surface area (Å²) in [5.41, 5.74) is 5.73. The van der Waals surface area contributed by atoms with Gasteiger partial charge in [-0.2, -0.15) is 0 Å². The molecule has 136 valence electrons. The maximum absolute atomic E-state index is 2.63. The molecule has 0 aromatic heterocycles.